The van der Waals surface area contributed by atoms with E-state index in [4.69, 9.17) is 5.11 Å². The summed E-state index contributed by atoms with van der Waals surface area (Å²) in [5.74, 6) is 0.00927. The normalized spacial score (nSPS) is 23.1. The van der Waals surface area contributed by atoms with Crippen LogP contribution in [-0.4, -0.2) is 41.2 Å². The topological polar surface area (TPSA) is 78.4 Å². The van der Waals surface area contributed by atoms with Crippen molar-refractivity contribution < 1.29 is 14.7 Å². The summed E-state index contributed by atoms with van der Waals surface area (Å²) in [6.07, 6.45) is 0. The second-order valence-electron chi connectivity index (χ2n) is 3.26. The van der Waals surface area contributed by atoms with Gasteiger partial charge in [-0.3, -0.25) is 14.9 Å². The third-order valence-corrected chi connectivity index (χ3v) is 2.98. The van der Waals surface area contributed by atoms with E-state index in [2.05, 4.69) is 10.6 Å². The first-order valence-electron chi connectivity index (χ1n) is 4.43. The predicted octanol–water partition coefficient (Wildman–Crippen LogP) is -0.514. The molecule has 1 rings (SSSR count). The molecule has 5 nitrogen and oxygen atoms in total. The average Bonchev–Trinajstić information content (AvgIpc) is 2.66. The van der Waals surface area contributed by atoms with Gasteiger partial charge < -0.3 is 10.4 Å². The Bertz CT molecular complexity index is 229. The number of nitrogens with one attached hydrogen (secondary N) is 2. The Morgan fingerprint density at radius 3 is 2.93 bits per heavy atom. The summed E-state index contributed by atoms with van der Waals surface area (Å²) in [6.45, 7) is 1.76. The third-order valence-electron chi connectivity index (χ3n) is 2.04. The van der Waals surface area contributed by atoms with Crippen molar-refractivity contribution in [2.75, 3.05) is 18.2 Å². The second kappa shape index (κ2) is 5.21. The molecular formula is C8H14N2O3S. The van der Waals surface area contributed by atoms with Crippen LogP contribution in [0.5, 0.6) is 0 Å². The van der Waals surface area contributed by atoms with Crippen molar-refractivity contribution in [1.29, 1.82) is 0 Å². The Kier molecular flexibility index (Phi) is 4.21. The van der Waals surface area contributed by atoms with E-state index in [1.807, 2.05) is 0 Å². The molecule has 1 heterocycles. The summed E-state index contributed by atoms with van der Waals surface area (Å²) in [5.41, 5.74) is 0. The minimum Gasteiger partial charge on any atom is -0.481 e. The van der Waals surface area contributed by atoms with Gasteiger partial charge in [-0.25, -0.2) is 0 Å². The first kappa shape index (κ1) is 11.3. The van der Waals surface area contributed by atoms with Crippen LogP contribution < -0.4 is 10.6 Å². The first-order valence-corrected chi connectivity index (χ1v) is 5.58. The molecule has 0 bridgehead atoms. The Labute approximate surface area is 86.6 Å². The number of rotatable bonds is 4. The lowest BCUT2D eigenvalue weighted by atomic mass is 10.2. The van der Waals surface area contributed by atoms with Crippen LogP contribution in [0.2, 0.25) is 0 Å². The van der Waals surface area contributed by atoms with Gasteiger partial charge in [0.05, 0.1) is 12.0 Å². The molecule has 1 aliphatic rings. The monoisotopic (exact) mass is 218 g/mol. The molecule has 0 radical (unpaired) electrons. The summed E-state index contributed by atoms with van der Waals surface area (Å²) >= 11 is 1.66. The molecule has 0 aromatic carbocycles. The number of carbonyl (C=O) groups is 2. The van der Waals surface area contributed by atoms with E-state index in [-0.39, 0.29) is 18.5 Å². The van der Waals surface area contributed by atoms with E-state index in [0.717, 1.165) is 11.6 Å². The minimum absolute atomic E-state index is 0.108. The number of thioether (sulfide) groups is 1. The third kappa shape index (κ3) is 3.19. The fourth-order valence-electron chi connectivity index (χ4n) is 1.03. The zero-order valence-electron chi connectivity index (χ0n) is 7.95. The zero-order chi connectivity index (χ0) is 10.6. The standard InChI is InChI=1S/C8H14N2O3S/c1-5(8(12)13)2-9-7(11)6-3-14-4-10-6/h5-6,10H,2-4H2,1H3,(H,9,11)(H,12,13). The average molecular weight is 218 g/mol. The molecule has 14 heavy (non-hydrogen) atoms. The Morgan fingerprint density at radius 2 is 2.43 bits per heavy atom. The number of aliphatic carboxylic acids is 1. The van der Waals surface area contributed by atoms with Crippen LogP contribution in [0.4, 0.5) is 0 Å². The van der Waals surface area contributed by atoms with Crippen LogP contribution in [0.15, 0.2) is 0 Å². The van der Waals surface area contributed by atoms with E-state index in [1.54, 1.807) is 18.7 Å². The maximum atomic E-state index is 11.4. The molecule has 0 aromatic rings. The molecule has 1 amide bonds. The molecule has 3 N–H and O–H groups in total. The lowest BCUT2D eigenvalue weighted by Crippen LogP contribution is -2.44. The van der Waals surface area contributed by atoms with Crippen LogP contribution in [0.25, 0.3) is 0 Å². The molecule has 1 saturated heterocycles. The van der Waals surface area contributed by atoms with Gasteiger partial charge in [0.25, 0.3) is 0 Å². The van der Waals surface area contributed by atoms with E-state index in [0.29, 0.717) is 0 Å². The van der Waals surface area contributed by atoms with Crippen LogP contribution in [0, 0.1) is 5.92 Å². The van der Waals surface area contributed by atoms with Gasteiger partial charge in [0.2, 0.25) is 5.91 Å². The Hall–Kier alpha value is -0.750. The van der Waals surface area contributed by atoms with Gasteiger partial charge in [0.15, 0.2) is 0 Å². The van der Waals surface area contributed by atoms with Crippen LogP contribution in [-0.2, 0) is 9.59 Å². The van der Waals surface area contributed by atoms with Gasteiger partial charge in [-0.1, -0.05) is 6.92 Å². The maximum absolute atomic E-state index is 11.4. The largest absolute Gasteiger partial charge is 0.481 e. The van der Waals surface area contributed by atoms with Crippen molar-refractivity contribution in [3.05, 3.63) is 0 Å². The van der Waals surface area contributed by atoms with E-state index in [9.17, 15) is 9.59 Å². The van der Waals surface area contributed by atoms with E-state index >= 15 is 0 Å². The first-order chi connectivity index (χ1) is 6.61. The molecule has 2 atom stereocenters. The number of carboxylic acid groups (broad SMARTS) is 1. The fourth-order valence-corrected chi connectivity index (χ4v) is 1.97. The van der Waals surface area contributed by atoms with Gasteiger partial charge in [0.1, 0.15) is 0 Å². The molecule has 1 fully saturated rings. The van der Waals surface area contributed by atoms with Gasteiger partial charge in [0, 0.05) is 18.2 Å². The number of hydrogen-bond acceptors (Lipinski definition) is 4. The zero-order valence-corrected chi connectivity index (χ0v) is 8.76. The summed E-state index contributed by atoms with van der Waals surface area (Å²) in [4.78, 5) is 21.9. The van der Waals surface area contributed by atoms with Crippen molar-refractivity contribution in [1.82, 2.24) is 10.6 Å². The minimum atomic E-state index is -0.890. The Balaban J connectivity index is 2.23. The lowest BCUT2D eigenvalue weighted by Gasteiger charge is -2.12. The molecule has 0 saturated carbocycles. The van der Waals surface area contributed by atoms with Gasteiger partial charge >= 0.3 is 5.97 Å². The SMILES string of the molecule is CC(CNC(=O)C1CSCN1)C(=O)O. The lowest BCUT2D eigenvalue weighted by molar-refractivity contribution is -0.141. The molecule has 2 unspecified atom stereocenters. The summed E-state index contributed by atoms with van der Waals surface area (Å²) in [6, 6.07) is -0.166. The summed E-state index contributed by atoms with van der Waals surface area (Å²) in [5, 5.41) is 14.2. The number of carboxylic acids is 1. The van der Waals surface area contributed by atoms with Gasteiger partial charge in [-0.05, 0) is 0 Å². The quantitative estimate of drug-likeness (QED) is 0.592. The maximum Gasteiger partial charge on any atom is 0.308 e. The highest BCUT2D eigenvalue weighted by atomic mass is 32.2. The van der Waals surface area contributed by atoms with Crippen LogP contribution >= 0.6 is 11.8 Å². The van der Waals surface area contributed by atoms with E-state index in [1.165, 1.54) is 0 Å². The molecule has 0 spiro atoms. The Morgan fingerprint density at radius 1 is 1.71 bits per heavy atom. The van der Waals surface area contributed by atoms with Crippen molar-refractivity contribution in [3.63, 3.8) is 0 Å². The molecule has 6 heteroatoms. The predicted molar refractivity (Wildman–Crippen MR) is 54.1 cm³/mol. The smallest absolute Gasteiger partial charge is 0.308 e. The number of hydrogen-bond donors (Lipinski definition) is 3. The summed E-state index contributed by atoms with van der Waals surface area (Å²) < 4.78 is 0. The highest BCUT2D eigenvalue weighted by molar-refractivity contribution is 7.99. The van der Waals surface area contributed by atoms with Crippen LogP contribution in [0.3, 0.4) is 0 Å². The molecule has 80 valence electrons. The number of carbonyl (C=O) groups excluding carboxylic acids is 1. The van der Waals surface area contributed by atoms with Crippen LogP contribution in [0.1, 0.15) is 6.92 Å². The van der Waals surface area contributed by atoms with Crippen molar-refractivity contribution in [3.8, 4) is 0 Å². The highest BCUT2D eigenvalue weighted by Crippen LogP contribution is 2.09. The highest BCUT2D eigenvalue weighted by Gasteiger charge is 2.23. The fraction of sp³-hybridized carbons (Fsp3) is 0.750. The number of amides is 1. The van der Waals surface area contributed by atoms with Gasteiger partial charge in [-0.15, -0.1) is 11.8 Å². The van der Waals surface area contributed by atoms with Crippen molar-refractivity contribution >= 4 is 23.6 Å². The molecule has 1 aliphatic heterocycles. The van der Waals surface area contributed by atoms with E-state index < -0.39 is 11.9 Å². The van der Waals surface area contributed by atoms with Crippen molar-refractivity contribution in [2.24, 2.45) is 5.92 Å². The summed E-state index contributed by atoms with van der Waals surface area (Å²) in [7, 11) is 0. The molecule has 0 aliphatic carbocycles. The van der Waals surface area contributed by atoms with Gasteiger partial charge in [-0.2, -0.15) is 0 Å². The molecular weight excluding hydrogens is 204 g/mol. The van der Waals surface area contributed by atoms with Crippen molar-refractivity contribution in [2.45, 2.75) is 13.0 Å². The molecule has 0 aromatic heterocycles. The second-order valence-corrected chi connectivity index (χ2v) is 4.29.